The Balaban J connectivity index is 1.36. The van der Waals surface area contributed by atoms with Crippen LogP contribution in [0.25, 0.3) is 0 Å². The van der Waals surface area contributed by atoms with E-state index < -0.39 is 0 Å². The first-order valence-electron chi connectivity index (χ1n) is 8.61. The number of furan rings is 1. The van der Waals surface area contributed by atoms with Crippen molar-refractivity contribution in [2.75, 3.05) is 33.2 Å². The van der Waals surface area contributed by atoms with Crippen LogP contribution in [0.15, 0.2) is 52.1 Å². The molecule has 1 aromatic heterocycles. The van der Waals surface area contributed by atoms with Crippen molar-refractivity contribution >= 4 is 5.96 Å². The van der Waals surface area contributed by atoms with Crippen molar-refractivity contribution in [2.45, 2.75) is 19.4 Å². The summed E-state index contributed by atoms with van der Waals surface area (Å²) in [7, 11) is 1.80. The highest BCUT2D eigenvalue weighted by atomic mass is 16.3. The molecule has 1 aromatic carbocycles. The van der Waals surface area contributed by atoms with E-state index in [-0.39, 0.29) is 0 Å². The van der Waals surface area contributed by atoms with Crippen molar-refractivity contribution in [1.82, 2.24) is 15.5 Å². The van der Waals surface area contributed by atoms with Gasteiger partial charge in [0.05, 0.1) is 6.26 Å². The lowest BCUT2D eigenvalue weighted by atomic mass is 10.00. The summed E-state index contributed by atoms with van der Waals surface area (Å²) in [6.07, 6.45) is 3.71. The number of fused-ring (bicyclic) bond motifs is 1. The van der Waals surface area contributed by atoms with Gasteiger partial charge < -0.3 is 15.1 Å². The second-order valence-electron chi connectivity index (χ2n) is 6.05. The van der Waals surface area contributed by atoms with Gasteiger partial charge in [-0.2, -0.15) is 0 Å². The van der Waals surface area contributed by atoms with Crippen LogP contribution in [0.2, 0.25) is 0 Å². The molecule has 2 aromatic rings. The van der Waals surface area contributed by atoms with Crippen molar-refractivity contribution in [3.63, 3.8) is 0 Å². The van der Waals surface area contributed by atoms with Gasteiger partial charge in [0.1, 0.15) is 5.76 Å². The van der Waals surface area contributed by atoms with Gasteiger partial charge in [-0.1, -0.05) is 24.3 Å². The number of aliphatic imine (C=N–C) groups is 1. The van der Waals surface area contributed by atoms with Gasteiger partial charge in [0, 0.05) is 46.2 Å². The Labute approximate surface area is 143 Å². The van der Waals surface area contributed by atoms with Gasteiger partial charge in [-0.05, 0) is 29.7 Å². The Morgan fingerprint density at radius 3 is 2.75 bits per heavy atom. The van der Waals surface area contributed by atoms with E-state index >= 15 is 0 Å². The molecule has 2 heterocycles. The van der Waals surface area contributed by atoms with E-state index in [1.807, 2.05) is 12.1 Å². The number of rotatable bonds is 6. The Bertz CT molecular complexity index is 651. The summed E-state index contributed by atoms with van der Waals surface area (Å²) < 4.78 is 5.33. The zero-order valence-corrected chi connectivity index (χ0v) is 14.3. The van der Waals surface area contributed by atoms with E-state index in [1.54, 1.807) is 13.3 Å². The topological polar surface area (TPSA) is 52.8 Å². The minimum absolute atomic E-state index is 0.810. The molecule has 0 saturated carbocycles. The van der Waals surface area contributed by atoms with Gasteiger partial charge >= 0.3 is 0 Å². The van der Waals surface area contributed by atoms with Crippen LogP contribution in [0, 0.1) is 0 Å². The van der Waals surface area contributed by atoms with Gasteiger partial charge in [-0.25, -0.2) is 0 Å². The first-order valence-corrected chi connectivity index (χ1v) is 8.61. The molecular formula is C19H26N4O. The average molecular weight is 326 g/mol. The summed E-state index contributed by atoms with van der Waals surface area (Å²) in [5.41, 5.74) is 2.96. The summed E-state index contributed by atoms with van der Waals surface area (Å²) >= 11 is 0. The molecule has 128 valence electrons. The van der Waals surface area contributed by atoms with Crippen LogP contribution in [-0.2, 0) is 19.4 Å². The third-order valence-corrected chi connectivity index (χ3v) is 4.40. The fourth-order valence-corrected chi connectivity index (χ4v) is 3.06. The molecule has 5 nitrogen and oxygen atoms in total. The lowest BCUT2D eigenvalue weighted by molar-refractivity contribution is 0.258. The molecule has 5 heteroatoms. The van der Waals surface area contributed by atoms with E-state index in [0.717, 1.165) is 57.3 Å². The first-order chi connectivity index (χ1) is 11.8. The Kier molecular flexibility index (Phi) is 5.90. The Morgan fingerprint density at radius 1 is 1.12 bits per heavy atom. The maximum absolute atomic E-state index is 5.33. The largest absolute Gasteiger partial charge is 0.469 e. The zero-order chi connectivity index (χ0) is 16.6. The molecule has 0 spiro atoms. The third kappa shape index (κ3) is 4.61. The molecule has 0 unspecified atom stereocenters. The number of nitrogens with zero attached hydrogens (tertiary/aromatic N) is 2. The summed E-state index contributed by atoms with van der Waals surface area (Å²) in [6, 6.07) is 12.7. The maximum atomic E-state index is 5.33. The minimum Gasteiger partial charge on any atom is -0.469 e. The number of hydrogen-bond acceptors (Lipinski definition) is 3. The Morgan fingerprint density at radius 2 is 1.96 bits per heavy atom. The van der Waals surface area contributed by atoms with Crippen molar-refractivity contribution in [3.05, 3.63) is 59.5 Å². The Hall–Kier alpha value is -2.27. The number of nitrogens with one attached hydrogen (secondary N) is 2. The summed E-state index contributed by atoms with van der Waals surface area (Å²) in [5, 5.41) is 6.71. The third-order valence-electron chi connectivity index (χ3n) is 4.40. The quantitative estimate of drug-likeness (QED) is 0.630. The first kappa shape index (κ1) is 16.6. The van der Waals surface area contributed by atoms with Crippen LogP contribution < -0.4 is 10.6 Å². The zero-order valence-electron chi connectivity index (χ0n) is 14.3. The molecule has 1 aliphatic heterocycles. The maximum Gasteiger partial charge on any atom is 0.191 e. The molecule has 2 N–H and O–H groups in total. The van der Waals surface area contributed by atoms with Gasteiger partial charge in [0.15, 0.2) is 5.96 Å². The van der Waals surface area contributed by atoms with E-state index in [4.69, 9.17) is 4.42 Å². The van der Waals surface area contributed by atoms with Gasteiger partial charge in [0.2, 0.25) is 0 Å². The summed E-state index contributed by atoms with van der Waals surface area (Å²) in [6.45, 7) is 4.89. The normalized spacial score (nSPS) is 15.1. The second-order valence-corrected chi connectivity index (χ2v) is 6.05. The highest BCUT2D eigenvalue weighted by molar-refractivity contribution is 5.79. The monoisotopic (exact) mass is 326 g/mol. The van der Waals surface area contributed by atoms with Crippen molar-refractivity contribution in [1.29, 1.82) is 0 Å². The standard InChI is InChI=1S/C19H26N4O/c1-20-19(21-10-8-18-7-4-14-24-18)22-11-13-23-12-9-16-5-2-3-6-17(16)15-23/h2-7,14H,8-13,15H2,1H3,(H2,20,21,22). The predicted molar refractivity (Wildman–Crippen MR) is 97.2 cm³/mol. The van der Waals surface area contributed by atoms with Crippen LogP contribution in [0.3, 0.4) is 0 Å². The molecule has 0 saturated heterocycles. The molecule has 0 amide bonds. The molecule has 0 bridgehead atoms. The molecule has 0 aliphatic carbocycles. The van der Waals surface area contributed by atoms with Crippen LogP contribution in [0.1, 0.15) is 16.9 Å². The minimum atomic E-state index is 0.810. The van der Waals surface area contributed by atoms with Crippen LogP contribution >= 0.6 is 0 Å². The molecular weight excluding hydrogens is 300 g/mol. The van der Waals surface area contributed by atoms with Crippen molar-refractivity contribution < 1.29 is 4.42 Å². The van der Waals surface area contributed by atoms with E-state index in [1.165, 1.54) is 11.1 Å². The highest BCUT2D eigenvalue weighted by Crippen LogP contribution is 2.17. The second kappa shape index (κ2) is 8.55. The molecule has 0 atom stereocenters. The molecule has 0 radical (unpaired) electrons. The fourth-order valence-electron chi connectivity index (χ4n) is 3.06. The van der Waals surface area contributed by atoms with Crippen LogP contribution in [0.4, 0.5) is 0 Å². The molecule has 0 fully saturated rings. The van der Waals surface area contributed by atoms with Gasteiger partial charge in [-0.3, -0.25) is 9.89 Å². The van der Waals surface area contributed by atoms with Crippen LogP contribution in [0.5, 0.6) is 0 Å². The fraction of sp³-hybridized carbons (Fsp3) is 0.421. The van der Waals surface area contributed by atoms with Crippen LogP contribution in [-0.4, -0.2) is 44.1 Å². The molecule has 1 aliphatic rings. The van der Waals surface area contributed by atoms with E-state index in [0.29, 0.717) is 0 Å². The average Bonchev–Trinajstić information content (AvgIpc) is 3.13. The highest BCUT2D eigenvalue weighted by Gasteiger charge is 2.14. The predicted octanol–water partition coefficient (Wildman–Crippen LogP) is 2.05. The number of guanidine groups is 1. The molecule has 24 heavy (non-hydrogen) atoms. The number of benzene rings is 1. The summed E-state index contributed by atoms with van der Waals surface area (Å²) in [4.78, 5) is 6.76. The molecule has 3 rings (SSSR count). The summed E-state index contributed by atoms with van der Waals surface area (Å²) in [5.74, 6) is 1.84. The van der Waals surface area contributed by atoms with Crippen molar-refractivity contribution in [2.24, 2.45) is 4.99 Å². The SMILES string of the molecule is CN=C(NCCc1ccco1)NCCN1CCc2ccccc2C1. The van der Waals surface area contributed by atoms with Gasteiger partial charge in [-0.15, -0.1) is 0 Å². The van der Waals surface area contributed by atoms with E-state index in [2.05, 4.69) is 44.8 Å². The lowest BCUT2D eigenvalue weighted by Gasteiger charge is -2.28. The smallest absolute Gasteiger partial charge is 0.191 e. The number of hydrogen-bond donors (Lipinski definition) is 2. The van der Waals surface area contributed by atoms with E-state index in [9.17, 15) is 0 Å². The lowest BCUT2D eigenvalue weighted by Crippen LogP contribution is -2.43. The van der Waals surface area contributed by atoms with Gasteiger partial charge in [0.25, 0.3) is 0 Å². The van der Waals surface area contributed by atoms with Crippen molar-refractivity contribution in [3.8, 4) is 0 Å².